The normalized spacial score (nSPS) is 10.9. The molecular weight excluding hydrogens is 320 g/mol. The van der Waals surface area contributed by atoms with E-state index in [2.05, 4.69) is 15.9 Å². The molecule has 4 heteroatoms. The molecular formula is C16H11BrO3. The first kappa shape index (κ1) is 12.9. The van der Waals surface area contributed by atoms with E-state index in [4.69, 9.17) is 4.42 Å². The quantitative estimate of drug-likeness (QED) is 0.726. The summed E-state index contributed by atoms with van der Waals surface area (Å²) in [5, 5.41) is 10.5. The van der Waals surface area contributed by atoms with Crippen LogP contribution in [0.5, 0.6) is 5.75 Å². The Hall–Kier alpha value is -2.07. The van der Waals surface area contributed by atoms with Crippen LogP contribution in [0.4, 0.5) is 0 Å². The van der Waals surface area contributed by atoms with E-state index < -0.39 is 0 Å². The molecule has 0 bridgehead atoms. The highest BCUT2D eigenvalue weighted by Crippen LogP contribution is 2.32. The Morgan fingerprint density at radius 3 is 2.70 bits per heavy atom. The number of hydrogen-bond donors (Lipinski definition) is 1. The number of phenols is 1. The van der Waals surface area contributed by atoms with Gasteiger partial charge in [0.25, 0.3) is 0 Å². The summed E-state index contributed by atoms with van der Waals surface area (Å²) in [4.78, 5) is 12.2. The van der Waals surface area contributed by atoms with Gasteiger partial charge in [-0.3, -0.25) is 4.79 Å². The molecule has 0 aliphatic rings. The topological polar surface area (TPSA) is 50.4 Å². The van der Waals surface area contributed by atoms with Crippen molar-refractivity contribution in [3.8, 4) is 17.1 Å². The van der Waals surface area contributed by atoms with Crippen LogP contribution in [-0.4, -0.2) is 5.11 Å². The van der Waals surface area contributed by atoms with Crippen LogP contribution in [0, 0.1) is 6.92 Å². The van der Waals surface area contributed by atoms with E-state index in [9.17, 15) is 9.90 Å². The smallest absolute Gasteiger partial charge is 0.193 e. The lowest BCUT2D eigenvalue weighted by atomic mass is 10.1. The highest BCUT2D eigenvalue weighted by molar-refractivity contribution is 9.10. The Balaban J connectivity index is 2.30. The van der Waals surface area contributed by atoms with Crippen LogP contribution in [-0.2, 0) is 0 Å². The Labute approximate surface area is 123 Å². The lowest BCUT2D eigenvalue weighted by molar-refractivity contribution is 0.474. The highest BCUT2D eigenvalue weighted by atomic mass is 79.9. The average Bonchev–Trinajstić information content (AvgIpc) is 2.42. The van der Waals surface area contributed by atoms with E-state index in [-0.39, 0.29) is 11.2 Å². The predicted octanol–water partition coefficient (Wildman–Crippen LogP) is 4.24. The van der Waals surface area contributed by atoms with Crippen LogP contribution < -0.4 is 5.43 Å². The minimum absolute atomic E-state index is 0.0720. The van der Waals surface area contributed by atoms with Crippen molar-refractivity contribution in [3.05, 3.63) is 62.7 Å². The number of hydrogen-bond acceptors (Lipinski definition) is 3. The first-order chi connectivity index (χ1) is 9.54. The van der Waals surface area contributed by atoms with Gasteiger partial charge in [0.15, 0.2) is 5.43 Å². The SMILES string of the molecule is Cc1ccc2oc(-c3cc(Br)ccc3O)cc(=O)c2c1. The van der Waals surface area contributed by atoms with E-state index in [1.54, 1.807) is 30.3 Å². The van der Waals surface area contributed by atoms with Crippen molar-refractivity contribution < 1.29 is 9.52 Å². The molecule has 1 heterocycles. The van der Waals surface area contributed by atoms with Crippen LogP contribution in [0.15, 0.2) is 56.1 Å². The Bertz CT molecular complexity index is 865. The van der Waals surface area contributed by atoms with Crippen LogP contribution in [0.3, 0.4) is 0 Å². The van der Waals surface area contributed by atoms with Crippen molar-refractivity contribution >= 4 is 26.9 Å². The van der Waals surface area contributed by atoms with Crippen molar-refractivity contribution in [2.75, 3.05) is 0 Å². The Kier molecular flexibility index (Phi) is 3.10. The number of halogens is 1. The lowest BCUT2D eigenvalue weighted by Crippen LogP contribution is -2.00. The molecule has 3 aromatic rings. The Morgan fingerprint density at radius 1 is 1.10 bits per heavy atom. The van der Waals surface area contributed by atoms with E-state index in [0.717, 1.165) is 10.0 Å². The van der Waals surface area contributed by atoms with Gasteiger partial charge in [0, 0.05) is 10.5 Å². The lowest BCUT2D eigenvalue weighted by Gasteiger charge is -2.06. The van der Waals surface area contributed by atoms with Gasteiger partial charge in [0.1, 0.15) is 17.1 Å². The number of fused-ring (bicyclic) bond motifs is 1. The maximum absolute atomic E-state index is 12.2. The van der Waals surface area contributed by atoms with Crippen molar-refractivity contribution in [2.24, 2.45) is 0 Å². The van der Waals surface area contributed by atoms with E-state index in [0.29, 0.717) is 22.3 Å². The van der Waals surface area contributed by atoms with Gasteiger partial charge in [0.05, 0.1) is 10.9 Å². The third-order valence-corrected chi connectivity index (χ3v) is 3.60. The molecule has 100 valence electrons. The summed E-state index contributed by atoms with van der Waals surface area (Å²) in [7, 11) is 0. The number of aromatic hydroxyl groups is 1. The van der Waals surface area contributed by atoms with Crippen molar-refractivity contribution in [3.63, 3.8) is 0 Å². The van der Waals surface area contributed by atoms with E-state index in [1.165, 1.54) is 6.07 Å². The fraction of sp³-hybridized carbons (Fsp3) is 0.0625. The zero-order valence-corrected chi connectivity index (χ0v) is 12.3. The first-order valence-corrected chi connectivity index (χ1v) is 6.87. The monoisotopic (exact) mass is 330 g/mol. The minimum atomic E-state index is -0.121. The van der Waals surface area contributed by atoms with Crippen molar-refractivity contribution in [1.82, 2.24) is 0 Å². The zero-order chi connectivity index (χ0) is 14.3. The molecule has 20 heavy (non-hydrogen) atoms. The van der Waals surface area contributed by atoms with Gasteiger partial charge in [-0.2, -0.15) is 0 Å². The Morgan fingerprint density at radius 2 is 1.90 bits per heavy atom. The molecule has 0 aliphatic heterocycles. The minimum Gasteiger partial charge on any atom is -0.507 e. The maximum atomic E-state index is 12.2. The number of aryl methyl sites for hydroxylation is 1. The number of benzene rings is 2. The maximum Gasteiger partial charge on any atom is 0.193 e. The summed E-state index contributed by atoms with van der Waals surface area (Å²) in [5.41, 5.74) is 1.88. The van der Waals surface area contributed by atoms with Crippen molar-refractivity contribution in [1.29, 1.82) is 0 Å². The highest BCUT2D eigenvalue weighted by Gasteiger charge is 2.11. The van der Waals surface area contributed by atoms with Gasteiger partial charge >= 0.3 is 0 Å². The van der Waals surface area contributed by atoms with Gasteiger partial charge in [0.2, 0.25) is 0 Å². The largest absolute Gasteiger partial charge is 0.507 e. The molecule has 0 fully saturated rings. The first-order valence-electron chi connectivity index (χ1n) is 6.08. The molecule has 0 atom stereocenters. The summed E-state index contributed by atoms with van der Waals surface area (Å²) in [6.45, 7) is 1.92. The predicted molar refractivity (Wildman–Crippen MR) is 82.0 cm³/mol. The molecule has 0 spiro atoms. The second kappa shape index (κ2) is 4.80. The molecule has 2 aromatic carbocycles. The molecule has 0 unspecified atom stereocenters. The van der Waals surface area contributed by atoms with Crippen LogP contribution in [0.2, 0.25) is 0 Å². The standard InChI is InChI=1S/C16H11BrO3/c1-9-2-5-15-11(6-9)14(19)8-16(20-15)12-7-10(17)3-4-13(12)18/h2-8,18H,1H3. The van der Waals surface area contributed by atoms with Gasteiger partial charge in [-0.1, -0.05) is 27.6 Å². The van der Waals surface area contributed by atoms with Crippen LogP contribution in [0.1, 0.15) is 5.56 Å². The summed E-state index contributed by atoms with van der Waals surface area (Å²) in [6, 6.07) is 11.9. The molecule has 0 amide bonds. The van der Waals surface area contributed by atoms with Gasteiger partial charge in [-0.15, -0.1) is 0 Å². The summed E-state index contributed by atoms with van der Waals surface area (Å²) < 4.78 is 6.54. The van der Waals surface area contributed by atoms with Crippen LogP contribution in [0.25, 0.3) is 22.3 Å². The fourth-order valence-corrected chi connectivity index (χ4v) is 2.47. The second-order valence-electron chi connectivity index (χ2n) is 4.64. The van der Waals surface area contributed by atoms with E-state index >= 15 is 0 Å². The van der Waals surface area contributed by atoms with Gasteiger partial charge < -0.3 is 9.52 Å². The number of rotatable bonds is 1. The fourth-order valence-electron chi connectivity index (χ4n) is 2.11. The summed E-state index contributed by atoms with van der Waals surface area (Å²) in [5.74, 6) is 0.424. The molecule has 1 aromatic heterocycles. The van der Waals surface area contributed by atoms with Gasteiger partial charge in [-0.05, 0) is 37.3 Å². The summed E-state index contributed by atoms with van der Waals surface area (Å²) in [6.07, 6.45) is 0. The molecule has 1 N–H and O–H groups in total. The zero-order valence-electron chi connectivity index (χ0n) is 10.7. The third kappa shape index (κ3) is 2.23. The van der Waals surface area contributed by atoms with Gasteiger partial charge in [-0.25, -0.2) is 0 Å². The van der Waals surface area contributed by atoms with Crippen molar-refractivity contribution in [2.45, 2.75) is 6.92 Å². The van der Waals surface area contributed by atoms with Crippen LogP contribution >= 0.6 is 15.9 Å². The molecule has 0 saturated carbocycles. The molecule has 0 saturated heterocycles. The summed E-state index contributed by atoms with van der Waals surface area (Å²) >= 11 is 3.34. The molecule has 0 radical (unpaired) electrons. The molecule has 3 rings (SSSR count). The van der Waals surface area contributed by atoms with E-state index in [1.807, 2.05) is 13.0 Å². The number of phenolic OH excluding ortho intramolecular Hbond substituents is 1. The molecule has 3 nitrogen and oxygen atoms in total. The third-order valence-electron chi connectivity index (χ3n) is 3.11. The second-order valence-corrected chi connectivity index (χ2v) is 5.55. The average molecular weight is 331 g/mol. The molecule has 0 aliphatic carbocycles.